The van der Waals surface area contributed by atoms with Crippen molar-refractivity contribution < 1.29 is 19.1 Å². The Kier molecular flexibility index (Phi) is 9.10. The summed E-state index contributed by atoms with van der Waals surface area (Å²) in [5.74, 6) is 0. The van der Waals surface area contributed by atoms with E-state index in [2.05, 4.69) is 37.9 Å². The minimum absolute atomic E-state index is 0.410. The van der Waals surface area contributed by atoms with Gasteiger partial charge in [0.25, 0.3) is 0 Å². The Morgan fingerprint density at radius 1 is 0.632 bits per heavy atom. The quantitative estimate of drug-likeness (QED) is 0.209. The van der Waals surface area contributed by atoms with Crippen LogP contribution in [0.25, 0.3) is 21.5 Å². The Morgan fingerprint density at radius 2 is 1.03 bits per heavy atom. The van der Waals surface area contributed by atoms with Gasteiger partial charge >= 0.3 is 12.2 Å². The van der Waals surface area contributed by atoms with Gasteiger partial charge in [-0.3, -0.25) is 0 Å². The molecule has 0 saturated heterocycles. The number of carbonyl (C=O) groups is 2. The molecule has 38 heavy (non-hydrogen) atoms. The molecule has 0 spiro atoms. The molecule has 0 atom stereocenters. The van der Waals surface area contributed by atoms with E-state index in [1.807, 2.05) is 54.6 Å². The van der Waals surface area contributed by atoms with E-state index in [0.717, 1.165) is 41.1 Å². The number of carbonyl (C=O) groups excluding carboxylic acids is 2. The topological polar surface area (TPSA) is 81.9 Å². The molecular formula is C30H32Br2N2O4. The highest BCUT2D eigenvalue weighted by molar-refractivity contribution is 9.11. The van der Waals surface area contributed by atoms with Gasteiger partial charge in [-0.1, -0.05) is 80.4 Å². The maximum absolute atomic E-state index is 12.8. The van der Waals surface area contributed by atoms with E-state index in [4.69, 9.17) is 15.2 Å². The van der Waals surface area contributed by atoms with Crippen molar-refractivity contribution in [2.45, 2.75) is 52.7 Å². The van der Waals surface area contributed by atoms with Crippen molar-refractivity contribution in [2.75, 3.05) is 10.6 Å². The largest absolute Gasteiger partial charge is 0.443 e. The molecule has 2 N–H and O–H groups in total. The molecule has 4 rings (SSSR count). The Labute approximate surface area is 240 Å². The molecule has 0 aromatic heterocycles. The number of rotatable bonds is 1. The summed E-state index contributed by atoms with van der Waals surface area (Å²) in [5, 5.41) is 3.88. The van der Waals surface area contributed by atoms with Gasteiger partial charge < -0.3 is 15.2 Å². The zero-order valence-electron chi connectivity index (χ0n) is 22.3. The molecule has 0 radical (unpaired) electrons. The summed E-state index contributed by atoms with van der Waals surface area (Å²) >= 11 is 6.98. The number of amides is 2. The van der Waals surface area contributed by atoms with E-state index in [1.165, 1.54) is 0 Å². The van der Waals surface area contributed by atoms with Crippen molar-refractivity contribution >= 4 is 77.0 Å². The summed E-state index contributed by atoms with van der Waals surface area (Å²) in [5.41, 5.74) is 5.55. The summed E-state index contributed by atoms with van der Waals surface area (Å²) in [4.78, 5) is 26.6. The molecule has 0 unspecified atom stereocenters. The lowest BCUT2D eigenvalue weighted by Crippen LogP contribution is -2.43. The molecule has 6 nitrogen and oxygen atoms in total. The Morgan fingerprint density at radius 3 is 1.47 bits per heavy atom. The van der Waals surface area contributed by atoms with Crippen molar-refractivity contribution in [3.8, 4) is 0 Å². The molecule has 4 aromatic carbocycles. The summed E-state index contributed by atoms with van der Waals surface area (Å²) in [6, 6.07) is 22.9. The average molecular weight is 644 g/mol. The zero-order chi connectivity index (χ0) is 28.3. The zero-order valence-corrected chi connectivity index (χ0v) is 25.5. The molecule has 200 valence electrons. The molecule has 4 aromatic rings. The van der Waals surface area contributed by atoms with Gasteiger partial charge in [-0.2, -0.15) is 4.90 Å². The number of nitrogens with two attached hydrogens (primary N) is 1. The van der Waals surface area contributed by atoms with E-state index >= 15 is 0 Å². The molecule has 8 heteroatoms. The van der Waals surface area contributed by atoms with E-state index in [-0.39, 0.29) is 0 Å². The summed E-state index contributed by atoms with van der Waals surface area (Å²) < 4.78 is 12.8. The van der Waals surface area contributed by atoms with Crippen LogP contribution in [0, 0.1) is 0 Å². The van der Waals surface area contributed by atoms with Gasteiger partial charge in [0.15, 0.2) is 0 Å². The van der Waals surface area contributed by atoms with Gasteiger partial charge in [-0.25, -0.2) is 9.59 Å². The molecule has 0 saturated carbocycles. The number of nitrogens with zero attached hydrogens (tertiary/aromatic N) is 1. The first-order chi connectivity index (χ1) is 17.7. The highest BCUT2D eigenvalue weighted by Crippen LogP contribution is 2.34. The van der Waals surface area contributed by atoms with Gasteiger partial charge in [0, 0.05) is 25.4 Å². The van der Waals surface area contributed by atoms with Gasteiger partial charge in [0.1, 0.15) is 11.2 Å². The molecule has 0 aliphatic rings. The van der Waals surface area contributed by atoms with Gasteiger partial charge in [-0.15, -0.1) is 0 Å². The van der Waals surface area contributed by atoms with Gasteiger partial charge in [-0.05, 0) is 76.6 Å². The number of hydrogen-bond acceptors (Lipinski definition) is 5. The molecule has 0 fully saturated rings. The third-order valence-electron chi connectivity index (χ3n) is 5.15. The van der Waals surface area contributed by atoms with E-state index < -0.39 is 23.4 Å². The van der Waals surface area contributed by atoms with Crippen molar-refractivity contribution in [2.24, 2.45) is 0 Å². The van der Waals surface area contributed by atoms with Crippen LogP contribution in [0.2, 0.25) is 0 Å². The molecular weight excluding hydrogens is 612 g/mol. The third kappa shape index (κ3) is 7.48. The number of nitrogen functional groups attached to an aromatic ring is 1. The number of anilines is 2. The van der Waals surface area contributed by atoms with Crippen LogP contribution >= 0.6 is 31.9 Å². The summed E-state index contributed by atoms with van der Waals surface area (Å²) in [7, 11) is 0. The van der Waals surface area contributed by atoms with Gasteiger partial charge in [0.05, 0.1) is 5.69 Å². The van der Waals surface area contributed by atoms with Crippen LogP contribution in [-0.2, 0) is 9.47 Å². The van der Waals surface area contributed by atoms with E-state index in [1.54, 1.807) is 53.7 Å². The molecule has 0 aliphatic heterocycles. The first kappa shape index (κ1) is 29.5. The fourth-order valence-electron chi connectivity index (χ4n) is 3.61. The Hall–Kier alpha value is -3.10. The number of halogens is 2. The van der Waals surface area contributed by atoms with E-state index in [0.29, 0.717) is 5.69 Å². The lowest BCUT2D eigenvalue weighted by Gasteiger charge is -2.29. The fourth-order valence-corrected chi connectivity index (χ4v) is 4.57. The van der Waals surface area contributed by atoms with Crippen LogP contribution in [0.4, 0.5) is 21.0 Å². The lowest BCUT2D eigenvalue weighted by molar-refractivity contribution is 0.0431. The standard InChI is InChI=1S/C20H24BrNO4.C10H8BrN/c1-19(2,3)25-17(23)22(18(24)26-20(4,5)6)16-12-11-15(21)13-9-7-8-10-14(13)16;11-9-5-6-10(12)8-4-2-1-3-7(8)9/h7-12H,1-6H3;1-6H,12H2. The van der Waals surface area contributed by atoms with Crippen LogP contribution in [0.1, 0.15) is 41.5 Å². The average Bonchev–Trinajstić information content (AvgIpc) is 2.82. The Bertz CT molecular complexity index is 1400. The molecule has 0 heterocycles. The minimum atomic E-state index is -0.778. The fraction of sp³-hybridized carbons (Fsp3) is 0.267. The van der Waals surface area contributed by atoms with Crippen molar-refractivity contribution in [3.05, 3.63) is 81.7 Å². The normalized spacial score (nSPS) is 11.5. The van der Waals surface area contributed by atoms with Crippen LogP contribution in [-0.4, -0.2) is 23.4 Å². The maximum Gasteiger partial charge on any atom is 0.424 e. The van der Waals surface area contributed by atoms with E-state index in [9.17, 15) is 9.59 Å². The summed E-state index contributed by atoms with van der Waals surface area (Å²) in [6.07, 6.45) is -1.56. The molecule has 2 amide bonds. The summed E-state index contributed by atoms with van der Waals surface area (Å²) in [6.45, 7) is 10.5. The van der Waals surface area contributed by atoms with Crippen LogP contribution < -0.4 is 10.6 Å². The predicted molar refractivity (Wildman–Crippen MR) is 163 cm³/mol. The number of hydrogen-bond donors (Lipinski definition) is 1. The predicted octanol–water partition coefficient (Wildman–Crippen LogP) is 9.46. The maximum atomic E-state index is 12.8. The highest BCUT2D eigenvalue weighted by atomic mass is 79.9. The highest BCUT2D eigenvalue weighted by Gasteiger charge is 2.33. The Balaban J connectivity index is 0.000000275. The second kappa shape index (κ2) is 11.7. The molecule has 0 bridgehead atoms. The number of fused-ring (bicyclic) bond motifs is 2. The first-order valence-electron chi connectivity index (χ1n) is 12.0. The van der Waals surface area contributed by atoms with Crippen molar-refractivity contribution in [3.63, 3.8) is 0 Å². The minimum Gasteiger partial charge on any atom is -0.443 e. The number of ether oxygens (including phenoxy) is 2. The number of imide groups is 1. The monoisotopic (exact) mass is 642 g/mol. The van der Waals surface area contributed by atoms with Crippen LogP contribution in [0.3, 0.4) is 0 Å². The second-order valence-electron chi connectivity index (χ2n) is 10.6. The second-order valence-corrected chi connectivity index (χ2v) is 12.3. The third-order valence-corrected chi connectivity index (χ3v) is 6.53. The van der Waals surface area contributed by atoms with Crippen LogP contribution in [0.15, 0.2) is 81.7 Å². The van der Waals surface area contributed by atoms with Gasteiger partial charge in [0.2, 0.25) is 0 Å². The lowest BCUT2D eigenvalue weighted by atomic mass is 10.1. The SMILES string of the molecule is CC(C)(C)OC(=O)N(C(=O)OC(C)(C)C)c1ccc(Br)c2ccccc12.Nc1ccc(Br)c2ccccc12. The smallest absolute Gasteiger partial charge is 0.424 e. The number of benzene rings is 4. The first-order valence-corrected chi connectivity index (χ1v) is 13.6. The van der Waals surface area contributed by atoms with Crippen molar-refractivity contribution in [1.29, 1.82) is 0 Å². The van der Waals surface area contributed by atoms with Crippen molar-refractivity contribution in [1.82, 2.24) is 0 Å². The molecule has 0 aliphatic carbocycles. The van der Waals surface area contributed by atoms with Crippen LogP contribution in [0.5, 0.6) is 0 Å².